The fourth-order valence-corrected chi connectivity index (χ4v) is 2.16. The van der Waals surface area contributed by atoms with Gasteiger partial charge >= 0.3 is 0 Å². The van der Waals surface area contributed by atoms with Crippen LogP contribution in [-0.4, -0.2) is 18.4 Å². The van der Waals surface area contributed by atoms with Gasteiger partial charge in [-0.15, -0.1) is 0 Å². The van der Waals surface area contributed by atoms with Gasteiger partial charge < -0.3 is 4.74 Å². The van der Waals surface area contributed by atoms with Crippen LogP contribution in [0.15, 0.2) is 24.3 Å². The summed E-state index contributed by atoms with van der Waals surface area (Å²) in [5.41, 5.74) is 0.865. The predicted octanol–water partition coefficient (Wildman–Crippen LogP) is 2.39. The Bertz CT molecular complexity index is 453. The van der Waals surface area contributed by atoms with Gasteiger partial charge in [0.1, 0.15) is 5.75 Å². The molecule has 1 N–H and O–H groups in total. The lowest BCUT2D eigenvalue weighted by molar-refractivity contribution is -0.125. The highest BCUT2D eigenvalue weighted by molar-refractivity contribution is 6.06. The Balaban J connectivity index is 1.91. The molecular formula is C15H19NO3. The molecule has 19 heavy (non-hydrogen) atoms. The summed E-state index contributed by atoms with van der Waals surface area (Å²) < 4.78 is 5.61. The average molecular weight is 261 g/mol. The van der Waals surface area contributed by atoms with Crippen molar-refractivity contribution in [2.24, 2.45) is 0 Å². The van der Waals surface area contributed by atoms with Crippen molar-refractivity contribution in [3.63, 3.8) is 0 Å². The molecule has 4 nitrogen and oxygen atoms in total. The molecule has 1 unspecified atom stereocenters. The molecule has 1 aromatic rings. The number of carbonyl (C=O) groups is 2. The summed E-state index contributed by atoms with van der Waals surface area (Å²) >= 11 is 0. The molecule has 1 aliphatic heterocycles. The summed E-state index contributed by atoms with van der Waals surface area (Å²) in [6.45, 7) is 2.87. The third-order valence-electron chi connectivity index (χ3n) is 3.27. The SMILES string of the molecule is CCCCCOc1ccc(C2CC(=O)NC2=O)cc1. The van der Waals surface area contributed by atoms with Crippen LogP contribution in [0.2, 0.25) is 0 Å². The minimum atomic E-state index is -0.346. The molecular weight excluding hydrogens is 242 g/mol. The molecule has 1 saturated heterocycles. The molecule has 0 bridgehead atoms. The maximum Gasteiger partial charge on any atom is 0.234 e. The van der Waals surface area contributed by atoms with E-state index in [1.807, 2.05) is 24.3 Å². The van der Waals surface area contributed by atoms with E-state index < -0.39 is 0 Å². The van der Waals surface area contributed by atoms with Gasteiger partial charge in [0.05, 0.1) is 12.5 Å². The molecule has 0 spiro atoms. The van der Waals surface area contributed by atoms with Crippen LogP contribution in [0.1, 0.15) is 44.1 Å². The Morgan fingerprint density at radius 1 is 1.21 bits per heavy atom. The molecule has 1 fully saturated rings. The average Bonchev–Trinajstić information content (AvgIpc) is 2.75. The molecule has 1 aliphatic rings. The van der Waals surface area contributed by atoms with Crippen molar-refractivity contribution in [2.75, 3.05) is 6.61 Å². The Morgan fingerprint density at radius 2 is 1.95 bits per heavy atom. The van der Waals surface area contributed by atoms with Crippen LogP contribution < -0.4 is 10.1 Å². The Morgan fingerprint density at radius 3 is 2.53 bits per heavy atom. The summed E-state index contributed by atoms with van der Waals surface area (Å²) in [7, 11) is 0. The number of benzene rings is 1. The van der Waals surface area contributed by atoms with E-state index in [9.17, 15) is 9.59 Å². The molecule has 4 heteroatoms. The van der Waals surface area contributed by atoms with Gasteiger partial charge in [-0.1, -0.05) is 31.9 Å². The molecule has 0 aromatic heterocycles. The van der Waals surface area contributed by atoms with Gasteiger partial charge in [-0.05, 0) is 24.1 Å². The molecule has 102 valence electrons. The van der Waals surface area contributed by atoms with Crippen LogP contribution in [0, 0.1) is 0 Å². The number of unbranched alkanes of at least 4 members (excludes halogenated alkanes) is 2. The summed E-state index contributed by atoms with van der Waals surface area (Å²) in [6, 6.07) is 7.44. The topological polar surface area (TPSA) is 55.4 Å². The zero-order chi connectivity index (χ0) is 13.7. The van der Waals surface area contributed by atoms with E-state index in [-0.39, 0.29) is 24.2 Å². The van der Waals surface area contributed by atoms with E-state index >= 15 is 0 Å². The minimum absolute atomic E-state index is 0.199. The molecule has 2 rings (SSSR count). The molecule has 1 aromatic carbocycles. The zero-order valence-electron chi connectivity index (χ0n) is 11.1. The van der Waals surface area contributed by atoms with Gasteiger partial charge in [0.15, 0.2) is 0 Å². The van der Waals surface area contributed by atoms with E-state index in [1.54, 1.807) is 0 Å². The van der Waals surface area contributed by atoms with E-state index in [2.05, 4.69) is 12.2 Å². The van der Waals surface area contributed by atoms with Gasteiger partial charge in [-0.25, -0.2) is 0 Å². The third kappa shape index (κ3) is 3.56. The quantitative estimate of drug-likeness (QED) is 0.632. The first-order chi connectivity index (χ1) is 9.20. The van der Waals surface area contributed by atoms with E-state index in [0.29, 0.717) is 0 Å². The highest BCUT2D eigenvalue weighted by atomic mass is 16.5. The molecule has 1 atom stereocenters. The van der Waals surface area contributed by atoms with Crippen molar-refractivity contribution in [1.29, 1.82) is 0 Å². The molecule has 2 amide bonds. The fraction of sp³-hybridized carbons (Fsp3) is 0.467. The normalized spacial score (nSPS) is 18.5. The monoisotopic (exact) mass is 261 g/mol. The number of ether oxygens (including phenoxy) is 1. The second kappa shape index (κ2) is 6.36. The van der Waals surface area contributed by atoms with Crippen LogP contribution in [0.25, 0.3) is 0 Å². The van der Waals surface area contributed by atoms with Crippen LogP contribution in [-0.2, 0) is 9.59 Å². The van der Waals surface area contributed by atoms with Crippen LogP contribution in [0.4, 0.5) is 0 Å². The first-order valence-electron chi connectivity index (χ1n) is 6.77. The van der Waals surface area contributed by atoms with Crippen molar-refractivity contribution in [3.8, 4) is 5.75 Å². The lowest BCUT2D eigenvalue weighted by atomic mass is 9.98. The predicted molar refractivity (Wildman–Crippen MR) is 72.0 cm³/mol. The van der Waals surface area contributed by atoms with Gasteiger partial charge in [-0.2, -0.15) is 0 Å². The smallest absolute Gasteiger partial charge is 0.234 e. The molecule has 1 heterocycles. The molecule has 0 saturated carbocycles. The maximum absolute atomic E-state index is 11.6. The second-order valence-corrected chi connectivity index (χ2v) is 4.79. The second-order valence-electron chi connectivity index (χ2n) is 4.79. The fourth-order valence-electron chi connectivity index (χ4n) is 2.16. The number of rotatable bonds is 6. The van der Waals surface area contributed by atoms with Gasteiger partial charge in [0, 0.05) is 6.42 Å². The lowest BCUT2D eigenvalue weighted by Gasteiger charge is -2.09. The number of nitrogens with one attached hydrogen (secondary N) is 1. The zero-order valence-corrected chi connectivity index (χ0v) is 11.1. The Kier molecular flexibility index (Phi) is 4.55. The number of imide groups is 1. The minimum Gasteiger partial charge on any atom is -0.494 e. The lowest BCUT2D eigenvalue weighted by Crippen LogP contribution is -2.21. The van der Waals surface area contributed by atoms with Crippen molar-refractivity contribution < 1.29 is 14.3 Å². The maximum atomic E-state index is 11.6. The van der Waals surface area contributed by atoms with Gasteiger partial charge in [0.2, 0.25) is 11.8 Å². The summed E-state index contributed by atoms with van der Waals surface area (Å²) in [5.74, 6) is 0.0581. The summed E-state index contributed by atoms with van der Waals surface area (Å²) in [5, 5.41) is 2.32. The van der Waals surface area contributed by atoms with Gasteiger partial charge in [0.25, 0.3) is 0 Å². The highest BCUT2D eigenvalue weighted by Gasteiger charge is 2.31. The van der Waals surface area contributed by atoms with E-state index in [0.717, 1.165) is 24.3 Å². The largest absolute Gasteiger partial charge is 0.494 e. The molecule has 0 radical (unpaired) electrons. The first-order valence-corrected chi connectivity index (χ1v) is 6.77. The number of hydrogen-bond donors (Lipinski definition) is 1. The third-order valence-corrected chi connectivity index (χ3v) is 3.27. The van der Waals surface area contributed by atoms with Crippen LogP contribution in [0.3, 0.4) is 0 Å². The first kappa shape index (κ1) is 13.6. The van der Waals surface area contributed by atoms with Crippen LogP contribution in [0.5, 0.6) is 5.75 Å². The summed E-state index contributed by atoms with van der Waals surface area (Å²) in [4.78, 5) is 22.7. The number of amides is 2. The molecule has 0 aliphatic carbocycles. The van der Waals surface area contributed by atoms with Crippen molar-refractivity contribution >= 4 is 11.8 Å². The Hall–Kier alpha value is -1.84. The Labute approximate surface area is 113 Å². The number of hydrogen-bond acceptors (Lipinski definition) is 3. The van der Waals surface area contributed by atoms with E-state index in [4.69, 9.17) is 4.74 Å². The van der Waals surface area contributed by atoms with Crippen LogP contribution >= 0.6 is 0 Å². The van der Waals surface area contributed by atoms with Gasteiger partial charge in [-0.3, -0.25) is 14.9 Å². The number of carbonyl (C=O) groups excluding carboxylic acids is 2. The van der Waals surface area contributed by atoms with Crippen molar-refractivity contribution in [3.05, 3.63) is 29.8 Å². The van der Waals surface area contributed by atoms with E-state index in [1.165, 1.54) is 12.8 Å². The standard InChI is InChI=1S/C15H19NO3/c1-2-3-4-9-19-12-7-5-11(6-8-12)13-10-14(17)16-15(13)18/h5-8,13H,2-4,9-10H2,1H3,(H,16,17,18). The van der Waals surface area contributed by atoms with Crippen molar-refractivity contribution in [1.82, 2.24) is 5.32 Å². The van der Waals surface area contributed by atoms with Crippen molar-refractivity contribution in [2.45, 2.75) is 38.5 Å². The summed E-state index contributed by atoms with van der Waals surface area (Å²) in [6.07, 6.45) is 3.64. The highest BCUT2D eigenvalue weighted by Crippen LogP contribution is 2.25.